The maximum absolute atomic E-state index is 13.5. The van der Waals surface area contributed by atoms with E-state index in [0.717, 1.165) is 11.5 Å². The lowest BCUT2D eigenvalue weighted by molar-refractivity contribution is 0.0954. The SMILES string of the molecule is CN=C(NCCNC(=O)c1ccc(C)c(F)c1)NCc1nc(C)c(C)o1. The third-order valence-corrected chi connectivity index (χ3v) is 3.84. The normalized spacial score (nSPS) is 11.3. The van der Waals surface area contributed by atoms with Gasteiger partial charge in [0.1, 0.15) is 11.6 Å². The minimum Gasteiger partial charge on any atom is -0.444 e. The van der Waals surface area contributed by atoms with E-state index in [4.69, 9.17) is 4.42 Å². The average molecular weight is 361 g/mol. The molecule has 2 aromatic rings. The second kappa shape index (κ2) is 8.98. The van der Waals surface area contributed by atoms with Crippen molar-refractivity contribution >= 4 is 11.9 Å². The molecule has 0 bridgehead atoms. The Balaban J connectivity index is 1.73. The molecule has 0 aliphatic rings. The summed E-state index contributed by atoms with van der Waals surface area (Å²) in [5, 5.41) is 8.88. The number of halogens is 1. The average Bonchev–Trinajstić information content (AvgIpc) is 2.94. The van der Waals surface area contributed by atoms with Crippen LogP contribution in [0.3, 0.4) is 0 Å². The van der Waals surface area contributed by atoms with Gasteiger partial charge in [-0.05, 0) is 38.5 Å². The molecule has 7 nitrogen and oxygen atoms in total. The van der Waals surface area contributed by atoms with Crippen LogP contribution < -0.4 is 16.0 Å². The van der Waals surface area contributed by atoms with Crippen molar-refractivity contribution in [3.8, 4) is 0 Å². The number of nitrogens with one attached hydrogen (secondary N) is 3. The van der Waals surface area contributed by atoms with Crippen molar-refractivity contribution in [3.05, 3.63) is 52.5 Å². The summed E-state index contributed by atoms with van der Waals surface area (Å²) in [6.07, 6.45) is 0. The van der Waals surface area contributed by atoms with Crippen molar-refractivity contribution in [3.63, 3.8) is 0 Å². The van der Waals surface area contributed by atoms with Gasteiger partial charge in [-0.15, -0.1) is 0 Å². The summed E-state index contributed by atoms with van der Waals surface area (Å²) in [5.74, 6) is 1.23. The third-order valence-electron chi connectivity index (χ3n) is 3.84. The number of benzene rings is 1. The van der Waals surface area contributed by atoms with Crippen molar-refractivity contribution < 1.29 is 13.6 Å². The number of hydrogen-bond donors (Lipinski definition) is 3. The van der Waals surface area contributed by atoms with Crippen molar-refractivity contribution in [1.29, 1.82) is 0 Å². The van der Waals surface area contributed by atoms with Crippen molar-refractivity contribution in [1.82, 2.24) is 20.9 Å². The highest BCUT2D eigenvalue weighted by atomic mass is 19.1. The van der Waals surface area contributed by atoms with Crippen LogP contribution in [-0.4, -0.2) is 37.0 Å². The van der Waals surface area contributed by atoms with Crippen LogP contribution in [0, 0.1) is 26.6 Å². The van der Waals surface area contributed by atoms with Gasteiger partial charge in [-0.25, -0.2) is 9.37 Å². The zero-order valence-electron chi connectivity index (χ0n) is 15.4. The van der Waals surface area contributed by atoms with Crippen LogP contribution in [0.25, 0.3) is 0 Å². The van der Waals surface area contributed by atoms with Crippen molar-refractivity contribution in [2.45, 2.75) is 27.3 Å². The molecule has 0 aliphatic carbocycles. The predicted octanol–water partition coefficient (Wildman–Crippen LogP) is 1.83. The number of aryl methyl sites for hydroxylation is 3. The molecule has 26 heavy (non-hydrogen) atoms. The second-order valence-electron chi connectivity index (χ2n) is 5.82. The molecule has 0 atom stereocenters. The highest BCUT2D eigenvalue weighted by molar-refractivity contribution is 5.94. The molecule has 140 valence electrons. The monoisotopic (exact) mass is 361 g/mol. The van der Waals surface area contributed by atoms with Gasteiger partial charge in [0.2, 0.25) is 5.89 Å². The topological polar surface area (TPSA) is 91.5 Å². The Bertz CT molecular complexity index is 781. The molecule has 8 heteroatoms. The number of guanidine groups is 1. The predicted molar refractivity (Wildman–Crippen MR) is 97.6 cm³/mol. The van der Waals surface area contributed by atoms with Crippen LogP contribution >= 0.6 is 0 Å². The summed E-state index contributed by atoms with van der Waals surface area (Å²) < 4.78 is 19.0. The minimum absolute atomic E-state index is 0.297. The first-order valence-electron chi connectivity index (χ1n) is 8.32. The zero-order valence-corrected chi connectivity index (χ0v) is 15.4. The third kappa shape index (κ3) is 5.30. The highest BCUT2D eigenvalue weighted by Gasteiger charge is 2.08. The number of amides is 1. The first kappa shape index (κ1) is 19.4. The Morgan fingerprint density at radius 3 is 2.54 bits per heavy atom. The van der Waals surface area contributed by atoms with E-state index in [1.165, 1.54) is 6.07 Å². The Morgan fingerprint density at radius 1 is 1.19 bits per heavy atom. The van der Waals surface area contributed by atoms with E-state index in [-0.39, 0.29) is 5.91 Å². The number of carbonyl (C=O) groups excluding carboxylic acids is 1. The maximum Gasteiger partial charge on any atom is 0.251 e. The molecular weight excluding hydrogens is 337 g/mol. The molecule has 0 aliphatic heterocycles. The highest BCUT2D eigenvalue weighted by Crippen LogP contribution is 2.09. The number of aromatic nitrogens is 1. The summed E-state index contributed by atoms with van der Waals surface area (Å²) >= 11 is 0. The fraction of sp³-hybridized carbons (Fsp3) is 0.389. The lowest BCUT2D eigenvalue weighted by Gasteiger charge is -2.11. The van der Waals surface area contributed by atoms with E-state index >= 15 is 0 Å². The number of hydrogen-bond acceptors (Lipinski definition) is 4. The quantitative estimate of drug-likeness (QED) is 0.415. The molecule has 1 aromatic heterocycles. The van der Waals surface area contributed by atoms with Crippen LogP contribution in [0.4, 0.5) is 4.39 Å². The molecule has 3 N–H and O–H groups in total. The van der Waals surface area contributed by atoms with Crippen LogP contribution in [-0.2, 0) is 6.54 Å². The van der Waals surface area contributed by atoms with Crippen LogP contribution in [0.2, 0.25) is 0 Å². The van der Waals surface area contributed by atoms with E-state index in [9.17, 15) is 9.18 Å². The molecule has 0 fully saturated rings. The number of rotatable bonds is 6. The lowest BCUT2D eigenvalue weighted by atomic mass is 10.1. The second-order valence-corrected chi connectivity index (χ2v) is 5.82. The van der Waals surface area contributed by atoms with Crippen molar-refractivity contribution in [2.24, 2.45) is 4.99 Å². The fourth-order valence-corrected chi connectivity index (χ4v) is 2.19. The Labute approximate surface area is 152 Å². The van der Waals surface area contributed by atoms with E-state index in [1.807, 2.05) is 13.8 Å². The summed E-state index contributed by atoms with van der Waals surface area (Å²) in [7, 11) is 1.65. The maximum atomic E-state index is 13.5. The molecule has 1 heterocycles. The summed E-state index contributed by atoms with van der Waals surface area (Å²) in [5.41, 5.74) is 1.67. The lowest BCUT2D eigenvalue weighted by Crippen LogP contribution is -2.41. The minimum atomic E-state index is -0.391. The number of nitrogens with zero attached hydrogens (tertiary/aromatic N) is 2. The molecule has 0 unspecified atom stereocenters. The van der Waals surface area contributed by atoms with Crippen LogP contribution in [0.5, 0.6) is 0 Å². The molecule has 1 amide bonds. The van der Waals surface area contributed by atoms with Crippen LogP contribution in [0.1, 0.15) is 33.3 Å². The zero-order chi connectivity index (χ0) is 19.1. The standard InChI is InChI=1S/C18H24FN5O2/c1-11-5-6-14(9-15(11)19)17(25)21-7-8-22-18(20-4)23-10-16-24-12(2)13(3)26-16/h5-6,9H,7-8,10H2,1-4H3,(H,21,25)(H2,20,22,23). The van der Waals surface area contributed by atoms with E-state index in [2.05, 4.69) is 25.9 Å². The van der Waals surface area contributed by atoms with Gasteiger partial charge < -0.3 is 20.4 Å². The van der Waals surface area contributed by atoms with Gasteiger partial charge in [0, 0.05) is 25.7 Å². The smallest absolute Gasteiger partial charge is 0.251 e. The van der Waals surface area contributed by atoms with Gasteiger partial charge >= 0.3 is 0 Å². The molecule has 0 saturated heterocycles. The summed E-state index contributed by atoms with van der Waals surface area (Å²) in [4.78, 5) is 20.4. The summed E-state index contributed by atoms with van der Waals surface area (Å²) in [6.45, 7) is 6.64. The summed E-state index contributed by atoms with van der Waals surface area (Å²) in [6, 6.07) is 4.42. The Kier molecular flexibility index (Phi) is 6.71. The van der Waals surface area contributed by atoms with Gasteiger partial charge in [0.15, 0.2) is 5.96 Å². The Hall–Kier alpha value is -2.90. The van der Waals surface area contributed by atoms with Gasteiger partial charge in [0.25, 0.3) is 5.91 Å². The van der Waals surface area contributed by atoms with Gasteiger partial charge in [0.05, 0.1) is 12.2 Å². The largest absolute Gasteiger partial charge is 0.444 e. The molecular formula is C18H24FN5O2. The molecule has 0 radical (unpaired) electrons. The first-order valence-corrected chi connectivity index (χ1v) is 8.32. The first-order chi connectivity index (χ1) is 12.4. The van der Waals surface area contributed by atoms with Gasteiger partial charge in [-0.3, -0.25) is 9.79 Å². The fourth-order valence-electron chi connectivity index (χ4n) is 2.19. The molecule has 0 spiro atoms. The van der Waals surface area contributed by atoms with Crippen molar-refractivity contribution in [2.75, 3.05) is 20.1 Å². The molecule has 2 rings (SSSR count). The number of oxazole rings is 1. The van der Waals surface area contributed by atoms with E-state index in [0.29, 0.717) is 42.6 Å². The molecule has 1 aromatic carbocycles. The van der Waals surface area contributed by atoms with E-state index in [1.54, 1.807) is 26.1 Å². The molecule has 0 saturated carbocycles. The van der Waals surface area contributed by atoms with Crippen LogP contribution in [0.15, 0.2) is 27.6 Å². The number of aliphatic imine (C=N–C) groups is 1. The Morgan fingerprint density at radius 2 is 1.92 bits per heavy atom. The van der Waals surface area contributed by atoms with E-state index < -0.39 is 5.82 Å². The van der Waals surface area contributed by atoms with Gasteiger partial charge in [-0.1, -0.05) is 6.07 Å². The number of carbonyl (C=O) groups is 1. The van der Waals surface area contributed by atoms with Gasteiger partial charge in [-0.2, -0.15) is 0 Å².